The van der Waals surface area contributed by atoms with Crippen LogP contribution in [0.5, 0.6) is 0 Å². The second-order valence-electron chi connectivity index (χ2n) is 2.95. The molecule has 0 bridgehead atoms. The van der Waals surface area contributed by atoms with Crippen LogP contribution in [0, 0.1) is 0 Å². The summed E-state index contributed by atoms with van der Waals surface area (Å²) in [6.07, 6.45) is 1.22. The van der Waals surface area contributed by atoms with Gasteiger partial charge in [0.1, 0.15) is 5.67 Å². The van der Waals surface area contributed by atoms with Crippen molar-refractivity contribution in [3.8, 4) is 0 Å². The van der Waals surface area contributed by atoms with Crippen molar-refractivity contribution in [3.05, 3.63) is 0 Å². The molecule has 1 amide bonds. The van der Waals surface area contributed by atoms with Gasteiger partial charge in [-0.25, -0.2) is 4.39 Å². The molecule has 1 rings (SSSR count). The molecule has 4 heteroatoms. The number of halogens is 1. The zero-order valence-electron chi connectivity index (χ0n) is 6.29. The van der Waals surface area contributed by atoms with Gasteiger partial charge in [0.05, 0.1) is 6.61 Å². The van der Waals surface area contributed by atoms with Crippen LogP contribution < -0.4 is 0 Å². The van der Waals surface area contributed by atoms with Gasteiger partial charge in [0.15, 0.2) is 0 Å². The van der Waals surface area contributed by atoms with Crippen molar-refractivity contribution in [1.82, 2.24) is 4.90 Å². The van der Waals surface area contributed by atoms with Crippen molar-refractivity contribution in [3.63, 3.8) is 0 Å². The number of aliphatic hydroxyl groups excluding tert-OH is 1. The summed E-state index contributed by atoms with van der Waals surface area (Å²) in [7, 11) is 0. The average Bonchev–Trinajstić information content (AvgIpc) is 2.06. The first-order valence-electron chi connectivity index (χ1n) is 3.69. The highest BCUT2D eigenvalue weighted by Gasteiger charge is 2.33. The van der Waals surface area contributed by atoms with Crippen LogP contribution in [0.3, 0.4) is 0 Å². The van der Waals surface area contributed by atoms with Crippen LogP contribution in [0.4, 0.5) is 4.39 Å². The van der Waals surface area contributed by atoms with Crippen molar-refractivity contribution in [1.29, 1.82) is 0 Å². The first-order valence-corrected chi connectivity index (χ1v) is 3.69. The Morgan fingerprint density at radius 2 is 2.09 bits per heavy atom. The first kappa shape index (κ1) is 8.46. The monoisotopic (exact) mass is 161 g/mol. The number of alkyl halides is 1. The smallest absolute Gasteiger partial charge is 0.209 e. The maximum atomic E-state index is 13.2. The summed E-state index contributed by atoms with van der Waals surface area (Å²) in [5.41, 5.74) is -1.44. The predicted octanol–water partition coefficient (Wildman–Crippen LogP) is -0.0608. The van der Waals surface area contributed by atoms with Crippen LogP contribution in [-0.4, -0.2) is 41.8 Å². The maximum Gasteiger partial charge on any atom is 0.209 e. The van der Waals surface area contributed by atoms with Crippen LogP contribution in [0.2, 0.25) is 0 Å². The Balaban J connectivity index is 2.40. The van der Waals surface area contributed by atoms with Crippen LogP contribution >= 0.6 is 0 Å². The summed E-state index contributed by atoms with van der Waals surface area (Å²) in [5.74, 6) is 0. The Hall–Kier alpha value is -0.640. The quantitative estimate of drug-likeness (QED) is 0.576. The van der Waals surface area contributed by atoms with Gasteiger partial charge in [0, 0.05) is 25.9 Å². The van der Waals surface area contributed by atoms with Crippen molar-refractivity contribution in [2.75, 3.05) is 19.7 Å². The second kappa shape index (κ2) is 3.17. The lowest BCUT2D eigenvalue weighted by Gasteiger charge is -2.32. The largest absolute Gasteiger partial charge is 0.393 e. The van der Waals surface area contributed by atoms with E-state index in [9.17, 15) is 9.18 Å². The Morgan fingerprint density at radius 3 is 2.45 bits per heavy atom. The molecular weight excluding hydrogens is 149 g/mol. The third-order valence-electron chi connectivity index (χ3n) is 2.13. The van der Waals surface area contributed by atoms with E-state index < -0.39 is 12.3 Å². The van der Waals surface area contributed by atoms with Gasteiger partial charge < -0.3 is 10.0 Å². The summed E-state index contributed by atoms with van der Waals surface area (Å²) < 4.78 is 13.2. The fraction of sp³-hybridized carbons (Fsp3) is 0.857. The Bertz CT molecular complexity index is 143. The lowest BCUT2D eigenvalue weighted by atomic mass is 9.95. The molecule has 1 heterocycles. The Kier molecular flexibility index (Phi) is 2.44. The molecule has 0 aromatic heterocycles. The van der Waals surface area contributed by atoms with Gasteiger partial charge in [-0.15, -0.1) is 0 Å². The van der Waals surface area contributed by atoms with Gasteiger partial charge in [0.2, 0.25) is 6.41 Å². The minimum Gasteiger partial charge on any atom is -0.393 e. The van der Waals surface area contributed by atoms with Crippen LogP contribution in [0.25, 0.3) is 0 Å². The molecule has 1 N–H and O–H groups in total. The highest BCUT2D eigenvalue weighted by Crippen LogP contribution is 2.24. The molecule has 64 valence electrons. The molecule has 0 aliphatic carbocycles. The number of aliphatic hydroxyl groups is 1. The number of carbonyl (C=O) groups excluding carboxylic acids is 1. The molecule has 1 fully saturated rings. The molecule has 1 aliphatic rings. The number of nitrogens with zero attached hydrogens (tertiary/aromatic N) is 1. The van der Waals surface area contributed by atoms with Crippen molar-refractivity contribution >= 4 is 6.41 Å². The normalized spacial score (nSPS) is 23.3. The van der Waals surface area contributed by atoms with Crippen LogP contribution in [-0.2, 0) is 4.79 Å². The van der Waals surface area contributed by atoms with Crippen molar-refractivity contribution < 1.29 is 14.3 Å². The molecule has 0 unspecified atom stereocenters. The van der Waals surface area contributed by atoms with E-state index in [4.69, 9.17) is 5.11 Å². The molecule has 0 aromatic carbocycles. The van der Waals surface area contributed by atoms with E-state index in [1.165, 1.54) is 4.90 Å². The zero-order chi connectivity index (χ0) is 8.32. The molecule has 0 saturated carbocycles. The summed E-state index contributed by atoms with van der Waals surface area (Å²) in [5, 5.41) is 8.63. The lowest BCUT2D eigenvalue weighted by Crippen LogP contribution is -2.43. The van der Waals surface area contributed by atoms with Gasteiger partial charge in [0.25, 0.3) is 0 Å². The molecule has 1 saturated heterocycles. The SMILES string of the molecule is O=CN1CCC(F)(CO)CC1. The van der Waals surface area contributed by atoms with Gasteiger partial charge in [-0.1, -0.05) is 0 Å². The van der Waals surface area contributed by atoms with Crippen molar-refractivity contribution in [2.45, 2.75) is 18.5 Å². The summed E-state index contributed by atoms with van der Waals surface area (Å²) >= 11 is 0. The molecule has 0 aromatic rings. The number of likely N-dealkylation sites (tertiary alicyclic amines) is 1. The molecule has 0 radical (unpaired) electrons. The fourth-order valence-corrected chi connectivity index (χ4v) is 1.19. The molecular formula is C7H12FNO2. The Morgan fingerprint density at radius 1 is 1.55 bits per heavy atom. The highest BCUT2D eigenvalue weighted by molar-refractivity contribution is 5.47. The van der Waals surface area contributed by atoms with Gasteiger partial charge >= 0.3 is 0 Å². The fourth-order valence-electron chi connectivity index (χ4n) is 1.19. The molecule has 11 heavy (non-hydrogen) atoms. The number of piperidine rings is 1. The summed E-state index contributed by atoms with van der Waals surface area (Å²) in [6, 6.07) is 0. The number of hydrogen-bond donors (Lipinski definition) is 1. The molecule has 0 spiro atoms. The van der Waals surface area contributed by atoms with Crippen LogP contribution in [0.1, 0.15) is 12.8 Å². The molecule has 0 atom stereocenters. The van der Waals surface area contributed by atoms with Gasteiger partial charge in [-0.2, -0.15) is 0 Å². The lowest BCUT2D eigenvalue weighted by molar-refractivity contribution is -0.121. The van der Waals surface area contributed by atoms with E-state index in [0.717, 1.165) is 6.41 Å². The third kappa shape index (κ3) is 1.89. The zero-order valence-corrected chi connectivity index (χ0v) is 6.29. The van der Waals surface area contributed by atoms with E-state index in [1.54, 1.807) is 0 Å². The molecule has 1 aliphatic heterocycles. The maximum absolute atomic E-state index is 13.2. The molecule has 3 nitrogen and oxygen atoms in total. The van der Waals surface area contributed by atoms with Gasteiger partial charge in [-0.05, 0) is 0 Å². The number of rotatable bonds is 2. The predicted molar refractivity (Wildman–Crippen MR) is 37.8 cm³/mol. The topological polar surface area (TPSA) is 40.5 Å². The van der Waals surface area contributed by atoms with E-state index in [1.807, 2.05) is 0 Å². The highest BCUT2D eigenvalue weighted by atomic mass is 19.1. The minimum absolute atomic E-state index is 0.252. The number of hydrogen-bond acceptors (Lipinski definition) is 2. The second-order valence-corrected chi connectivity index (χ2v) is 2.95. The van der Waals surface area contributed by atoms with E-state index in [-0.39, 0.29) is 12.8 Å². The average molecular weight is 161 g/mol. The van der Waals surface area contributed by atoms with E-state index >= 15 is 0 Å². The standard InChI is InChI=1S/C7H12FNO2/c8-7(5-10)1-3-9(6-11)4-2-7/h6,10H,1-5H2. The summed E-state index contributed by atoms with van der Waals surface area (Å²) in [4.78, 5) is 11.7. The third-order valence-corrected chi connectivity index (χ3v) is 2.13. The number of amides is 1. The van der Waals surface area contributed by atoms with E-state index in [2.05, 4.69) is 0 Å². The van der Waals surface area contributed by atoms with E-state index in [0.29, 0.717) is 13.1 Å². The first-order chi connectivity index (χ1) is 5.20. The van der Waals surface area contributed by atoms with Crippen molar-refractivity contribution in [2.24, 2.45) is 0 Å². The summed E-state index contributed by atoms with van der Waals surface area (Å²) in [6.45, 7) is 0.404. The van der Waals surface area contributed by atoms with Gasteiger partial charge in [-0.3, -0.25) is 4.79 Å². The Labute approximate surface area is 64.8 Å². The minimum atomic E-state index is -1.44. The van der Waals surface area contributed by atoms with Crippen LogP contribution in [0.15, 0.2) is 0 Å². The number of carbonyl (C=O) groups is 1.